The minimum absolute atomic E-state index is 0.136. The van der Waals surface area contributed by atoms with Crippen LogP contribution in [0.4, 0.5) is 5.69 Å². The summed E-state index contributed by atoms with van der Waals surface area (Å²) in [4.78, 5) is 24.6. The first-order chi connectivity index (χ1) is 12.8. The molecular weight excluding hydrogens is 366 g/mol. The van der Waals surface area contributed by atoms with Crippen LogP contribution in [-0.4, -0.2) is 24.1 Å². The molecule has 2 aromatic rings. The Morgan fingerprint density at radius 1 is 1.07 bits per heavy atom. The van der Waals surface area contributed by atoms with Gasteiger partial charge >= 0.3 is 5.97 Å². The van der Waals surface area contributed by atoms with Crippen molar-refractivity contribution in [1.82, 2.24) is 0 Å². The molecule has 0 radical (unpaired) electrons. The van der Waals surface area contributed by atoms with Crippen molar-refractivity contribution < 1.29 is 19.1 Å². The minimum atomic E-state index is -0.945. The van der Waals surface area contributed by atoms with Crippen LogP contribution in [-0.2, 0) is 20.9 Å². The highest BCUT2D eigenvalue weighted by Crippen LogP contribution is 2.20. The van der Waals surface area contributed by atoms with E-state index in [1.54, 1.807) is 42.5 Å². The molecule has 2 aromatic carbocycles. The Hall–Kier alpha value is -2.37. The van der Waals surface area contributed by atoms with Crippen molar-refractivity contribution in [3.63, 3.8) is 0 Å². The second kappa shape index (κ2) is 9.53. The summed E-state index contributed by atoms with van der Waals surface area (Å²) in [6.07, 6.45) is -0.808. The lowest BCUT2D eigenvalue weighted by Crippen LogP contribution is -2.30. The molecule has 0 aliphatic rings. The van der Waals surface area contributed by atoms with Crippen molar-refractivity contribution in [1.29, 1.82) is 0 Å². The smallest absolute Gasteiger partial charge is 0.338 e. The zero-order chi connectivity index (χ0) is 20.0. The van der Waals surface area contributed by atoms with Crippen LogP contribution in [0.5, 0.6) is 0 Å². The largest absolute Gasteiger partial charge is 0.449 e. The molecular formula is C21H24ClNO4. The van der Waals surface area contributed by atoms with E-state index in [0.717, 1.165) is 11.1 Å². The SMILES string of the molecule is Cc1ccc(Cl)cc1NC(=O)[C@H](C)OC(=O)c1ccc(COC(C)C)cc1. The summed E-state index contributed by atoms with van der Waals surface area (Å²) in [5.74, 6) is -0.979. The van der Waals surface area contributed by atoms with Crippen LogP contribution in [0.2, 0.25) is 5.02 Å². The van der Waals surface area contributed by atoms with Gasteiger partial charge in [0.2, 0.25) is 0 Å². The Kier molecular flexibility index (Phi) is 7.39. The van der Waals surface area contributed by atoms with E-state index in [2.05, 4.69) is 5.32 Å². The van der Waals surface area contributed by atoms with Crippen LogP contribution in [0.3, 0.4) is 0 Å². The van der Waals surface area contributed by atoms with E-state index in [4.69, 9.17) is 21.1 Å². The van der Waals surface area contributed by atoms with Gasteiger partial charge in [-0.3, -0.25) is 4.79 Å². The van der Waals surface area contributed by atoms with Crippen LogP contribution >= 0.6 is 11.6 Å². The number of nitrogens with one attached hydrogen (secondary N) is 1. The molecule has 0 saturated heterocycles. The number of ether oxygens (including phenoxy) is 2. The summed E-state index contributed by atoms with van der Waals surface area (Å²) in [6.45, 7) is 7.78. The van der Waals surface area contributed by atoms with E-state index in [1.165, 1.54) is 6.92 Å². The van der Waals surface area contributed by atoms with E-state index in [-0.39, 0.29) is 6.10 Å². The molecule has 27 heavy (non-hydrogen) atoms. The zero-order valence-corrected chi connectivity index (χ0v) is 16.7. The van der Waals surface area contributed by atoms with Crippen LogP contribution in [0.25, 0.3) is 0 Å². The monoisotopic (exact) mass is 389 g/mol. The van der Waals surface area contributed by atoms with Crippen molar-refractivity contribution in [2.75, 3.05) is 5.32 Å². The Morgan fingerprint density at radius 2 is 1.74 bits per heavy atom. The fraction of sp³-hybridized carbons (Fsp3) is 0.333. The molecule has 1 N–H and O–H groups in total. The summed E-state index contributed by atoms with van der Waals surface area (Å²) < 4.78 is 10.8. The molecule has 0 bridgehead atoms. The molecule has 0 spiro atoms. The zero-order valence-electron chi connectivity index (χ0n) is 15.9. The third-order valence-corrected chi connectivity index (χ3v) is 4.12. The number of halogens is 1. The molecule has 0 heterocycles. The van der Waals surface area contributed by atoms with Gasteiger partial charge in [-0.1, -0.05) is 29.8 Å². The summed E-state index contributed by atoms with van der Waals surface area (Å²) >= 11 is 5.95. The van der Waals surface area contributed by atoms with Gasteiger partial charge < -0.3 is 14.8 Å². The summed E-state index contributed by atoms with van der Waals surface area (Å²) in [6, 6.07) is 12.1. The maximum absolute atomic E-state index is 12.3. The number of carbonyl (C=O) groups is 2. The van der Waals surface area contributed by atoms with Crippen LogP contribution in [0, 0.1) is 6.92 Å². The van der Waals surface area contributed by atoms with E-state index in [9.17, 15) is 9.59 Å². The summed E-state index contributed by atoms with van der Waals surface area (Å²) in [5, 5.41) is 3.24. The molecule has 1 amide bonds. The minimum Gasteiger partial charge on any atom is -0.449 e. The fourth-order valence-electron chi connectivity index (χ4n) is 2.25. The van der Waals surface area contributed by atoms with Crippen molar-refractivity contribution in [2.45, 2.75) is 46.5 Å². The van der Waals surface area contributed by atoms with Crippen molar-refractivity contribution in [2.24, 2.45) is 0 Å². The highest BCUT2D eigenvalue weighted by Gasteiger charge is 2.19. The number of carbonyl (C=O) groups excluding carboxylic acids is 2. The highest BCUT2D eigenvalue weighted by molar-refractivity contribution is 6.31. The number of hydrogen-bond acceptors (Lipinski definition) is 4. The maximum Gasteiger partial charge on any atom is 0.338 e. The first-order valence-corrected chi connectivity index (χ1v) is 9.12. The van der Waals surface area contributed by atoms with Gasteiger partial charge in [0.25, 0.3) is 5.91 Å². The van der Waals surface area contributed by atoms with Crippen LogP contribution < -0.4 is 5.32 Å². The lowest BCUT2D eigenvalue weighted by molar-refractivity contribution is -0.123. The molecule has 0 fully saturated rings. The highest BCUT2D eigenvalue weighted by atomic mass is 35.5. The molecule has 144 valence electrons. The van der Waals surface area contributed by atoms with Crippen LogP contribution in [0.1, 0.15) is 42.3 Å². The maximum atomic E-state index is 12.3. The molecule has 0 aromatic heterocycles. The lowest BCUT2D eigenvalue weighted by atomic mass is 10.1. The molecule has 1 atom stereocenters. The van der Waals surface area contributed by atoms with Gasteiger partial charge in [0, 0.05) is 10.7 Å². The molecule has 2 rings (SSSR count). The summed E-state index contributed by atoms with van der Waals surface area (Å²) in [7, 11) is 0. The van der Waals surface area contributed by atoms with Gasteiger partial charge in [-0.15, -0.1) is 0 Å². The third-order valence-electron chi connectivity index (χ3n) is 3.88. The van der Waals surface area contributed by atoms with Crippen LogP contribution in [0.15, 0.2) is 42.5 Å². The third kappa shape index (κ3) is 6.38. The van der Waals surface area contributed by atoms with E-state index < -0.39 is 18.0 Å². The Labute approximate surface area is 164 Å². The molecule has 5 nitrogen and oxygen atoms in total. The lowest BCUT2D eigenvalue weighted by Gasteiger charge is -2.15. The Balaban J connectivity index is 1.94. The predicted molar refractivity (Wildman–Crippen MR) is 106 cm³/mol. The normalized spacial score (nSPS) is 11.9. The van der Waals surface area contributed by atoms with Gasteiger partial charge in [0.05, 0.1) is 18.3 Å². The van der Waals surface area contributed by atoms with Gasteiger partial charge in [-0.05, 0) is 63.1 Å². The number of benzene rings is 2. The Morgan fingerprint density at radius 3 is 2.37 bits per heavy atom. The van der Waals surface area contributed by atoms with E-state index >= 15 is 0 Å². The standard InChI is InChI=1S/C21H24ClNO4/c1-13(2)26-12-16-6-8-17(9-7-16)21(25)27-15(4)20(24)23-19-11-18(22)10-5-14(19)3/h5-11,13,15H,12H2,1-4H3,(H,23,24)/t15-/m0/s1. The molecule has 0 aliphatic heterocycles. The second-order valence-corrected chi connectivity index (χ2v) is 6.99. The number of anilines is 1. The number of aryl methyl sites for hydroxylation is 1. The van der Waals surface area contributed by atoms with Crippen molar-refractivity contribution in [3.05, 3.63) is 64.2 Å². The van der Waals surface area contributed by atoms with Gasteiger partial charge in [0.1, 0.15) is 0 Å². The van der Waals surface area contributed by atoms with Crippen molar-refractivity contribution >= 4 is 29.2 Å². The first kappa shape index (κ1) is 20.9. The molecule has 0 unspecified atom stereocenters. The van der Waals surface area contributed by atoms with E-state index in [1.807, 2.05) is 20.8 Å². The quantitative estimate of drug-likeness (QED) is 0.693. The van der Waals surface area contributed by atoms with Gasteiger partial charge in [-0.25, -0.2) is 4.79 Å². The number of hydrogen-bond donors (Lipinski definition) is 1. The first-order valence-electron chi connectivity index (χ1n) is 8.75. The number of amides is 1. The predicted octanol–water partition coefficient (Wildman–Crippen LogP) is 4.76. The average Bonchev–Trinajstić information content (AvgIpc) is 2.63. The Bertz CT molecular complexity index is 802. The van der Waals surface area contributed by atoms with E-state index in [0.29, 0.717) is 22.9 Å². The van der Waals surface area contributed by atoms with Gasteiger partial charge in [-0.2, -0.15) is 0 Å². The molecule has 6 heteroatoms. The summed E-state index contributed by atoms with van der Waals surface area (Å²) in [5.41, 5.74) is 2.79. The topological polar surface area (TPSA) is 64.6 Å². The number of esters is 1. The number of rotatable bonds is 7. The van der Waals surface area contributed by atoms with Gasteiger partial charge in [0.15, 0.2) is 6.10 Å². The fourth-order valence-corrected chi connectivity index (χ4v) is 2.42. The molecule has 0 aliphatic carbocycles. The molecule has 0 saturated carbocycles. The second-order valence-electron chi connectivity index (χ2n) is 6.55. The average molecular weight is 390 g/mol. The van der Waals surface area contributed by atoms with Crippen molar-refractivity contribution in [3.8, 4) is 0 Å².